The zero-order valence-corrected chi connectivity index (χ0v) is 17.7. The van der Waals surface area contributed by atoms with Gasteiger partial charge < -0.3 is 10.6 Å². The van der Waals surface area contributed by atoms with Gasteiger partial charge in [0.1, 0.15) is 5.82 Å². The van der Waals surface area contributed by atoms with Gasteiger partial charge in [-0.25, -0.2) is 4.98 Å². The number of benzene rings is 2. The fourth-order valence-corrected chi connectivity index (χ4v) is 4.57. The predicted molar refractivity (Wildman–Crippen MR) is 121 cm³/mol. The Morgan fingerprint density at radius 1 is 0.818 bits per heavy atom. The number of carbonyl (C=O) groups excluding carboxylic acids is 4. The van der Waals surface area contributed by atoms with Gasteiger partial charge in [-0.15, -0.1) is 0 Å². The maximum Gasteiger partial charge on any atom is 0.233 e. The van der Waals surface area contributed by atoms with Crippen molar-refractivity contribution in [2.24, 2.45) is 0 Å². The van der Waals surface area contributed by atoms with Crippen LogP contribution in [0.1, 0.15) is 62.1 Å². The molecule has 7 heteroatoms. The first-order chi connectivity index (χ1) is 16.0. The van der Waals surface area contributed by atoms with Crippen LogP contribution in [0.15, 0.2) is 66.9 Å². The fraction of sp³-hybridized carbons (Fsp3) is 0.192. The van der Waals surface area contributed by atoms with Gasteiger partial charge >= 0.3 is 0 Å². The molecule has 7 nitrogen and oxygen atoms in total. The number of pyridine rings is 1. The first-order valence-electron chi connectivity index (χ1n) is 10.8. The molecule has 0 saturated heterocycles. The van der Waals surface area contributed by atoms with E-state index in [2.05, 4.69) is 15.6 Å². The number of carbonyl (C=O) groups is 4. The van der Waals surface area contributed by atoms with E-state index in [4.69, 9.17) is 0 Å². The van der Waals surface area contributed by atoms with E-state index in [1.807, 2.05) is 18.2 Å². The van der Waals surface area contributed by atoms with Crippen LogP contribution in [0.5, 0.6) is 0 Å². The van der Waals surface area contributed by atoms with Crippen molar-refractivity contribution in [3.8, 4) is 0 Å². The van der Waals surface area contributed by atoms with Gasteiger partial charge in [-0.1, -0.05) is 48.5 Å². The molecule has 0 bridgehead atoms. The summed E-state index contributed by atoms with van der Waals surface area (Å²) in [7, 11) is 0. The van der Waals surface area contributed by atoms with Gasteiger partial charge in [-0.05, 0) is 28.8 Å². The van der Waals surface area contributed by atoms with Gasteiger partial charge in [0, 0.05) is 36.7 Å². The van der Waals surface area contributed by atoms with Crippen molar-refractivity contribution in [1.82, 2.24) is 10.3 Å². The quantitative estimate of drug-likeness (QED) is 0.634. The molecule has 2 amide bonds. The van der Waals surface area contributed by atoms with Gasteiger partial charge in [0.2, 0.25) is 11.8 Å². The first kappa shape index (κ1) is 20.8. The summed E-state index contributed by atoms with van der Waals surface area (Å²) in [6.07, 6.45) is 1.87. The lowest BCUT2D eigenvalue weighted by Gasteiger charge is -2.13. The van der Waals surface area contributed by atoms with Crippen LogP contribution in [0.2, 0.25) is 0 Å². The molecule has 1 aromatic heterocycles. The van der Waals surface area contributed by atoms with E-state index < -0.39 is 11.8 Å². The second-order valence-corrected chi connectivity index (χ2v) is 8.29. The maximum absolute atomic E-state index is 12.8. The standard InChI is InChI=1S/C26H21N3O4/c30-22-12-20(16-5-1-3-7-18(16)22)25(32)28-14-15-9-10-27-24(11-15)29-26(33)21-13-23(31)19-8-4-2-6-17(19)21/h1-11,20-21H,12-14H2,(H,28,32)(H,27,29,33). The molecular weight excluding hydrogens is 418 g/mol. The molecule has 0 spiro atoms. The van der Waals surface area contributed by atoms with Gasteiger partial charge in [-0.2, -0.15) is 0 Å². The number of amides is 2. The van der Waals surface area contributed by atoms with Gasteiger partial charge in [-0.3, -0.25) is 19.2 Å². The van der Waals surface area contributed by atoms with Gasteiger partial charge in [0.05, 0.1) is 11.8 Å². The Hall–Kier alpha value is -4.13. The minimum atomic E-state index is -0.543. The third-order valence-electron chi connectivity index (χ3n) is 6.23. The summed E-state index contributed by atoms with van der Waals surface area (Å²) in [5.74, 6) is -1.24. The van der Waals surface area contributed by atoms with Crippen molar-refractivity contribution in [2.75, 3.05) is 5.32 Å². The van der Waals surface area contributed by atoms with Crippen molar-refractivity contribution in [3.63, 3.8) is 0 Å². The van der Waals surface area contributed by atoms with Crippen LogP contribution in [-0.4, -0.2) is 28.4 Å². The van der Waals surface area contributed by atoms with Crippen LogP contribution in [0.3, 0.4) is 0 Å². The summed E-state index contributed by atoms with van der Waals surface area (Å²) in [5, 5.41) is 5.67. The molecule has 1 heterocycles. The molecule has 0 fully saturated rings. The summed E-state index contributed by atoms with van der Waals surface area (Å²) in [4.78, 5) is 54.1. The molecule has 2 N–H and O–H groups in total. The highest BCUT2D eigenvalue weighted by Crippen LogP contribution is 2.34. The number of hydrogen-bond acceptors (Lipinski definition) is 5. The number of nitrogens with one attached hydrogen (secondary N) is 2. The molecule has 3 aromatic rings. The first-order valence-corrected chi connectivity index (χ1v) is 10.8. The van der Waals surface area contributed by atoms with E-state index in [1.54, 1.807) is 48.7 Å². The van der Waals surface area contributed by atoms with E-state index >= 15 is 0 Å². The number of Topliss-reactive ketones (excluding diaryl/α,β-unsaturated/α-hetero) is 2. The second-order valence-electron chi connectivity index (χ2n) is 8.29. The van der Waals surface area contributed by atoms with Crippen LogP contribution in [0.25, 0.3) is 0 Å². The van der Waals surface area contributed by atoms with Crippen LogP contribution in [-0.2, 0) is 16.1 Å². The summed E-state index contributed by atoms with van der Waals surface area (Å²) >= 11 is 0. The minimum absolute atomic E-state index is 0.0216. The second kappa shape index (κ2) is 8.43. The number of aromatic nitrogens is 1. The number of hydrogen-bond donors (Lipinski definition) is 2. The highest BCUT2D eigenvalue weighted by Gasteiger charge is 2.35. The van der Waals surface area contributed by atoms with Crippen molar-refractivity contribution in [2.45, 2.75) is 31.2 Å². The van der Waals surface area contributed by atoms with E-state index in [1.165, 1.54) is 0 Å². The number of rotatable bonds is 5. The number of anilines is 1. The zero-order chi connectivity index (χ0) is 22.9. The van der Waals surface area contributed by atoms with Crippen molar-refractivity contribution < 1.29 is 19.2 Å². The SMILES string of the molecule is O=C1CC(C(=O)NCc2ccnc(NC(=O)C3CC(=O)c4ccccc43)c2)c2ccccc21. The molecule has 0 saturated carbocycles. The molecule has 33 heavy (non-hydrogen) atoms. The highest BCUT2D eigenvalue weighted by atomic mass is 16.2. The van der Waals surface area contributed by atoms with Crippen LogP contribution in [0.4, 0.5) is 5.82 Å². The predicted octanol–water partition coefficient (Wildman–Crippen LogP) is 3.38. The smallest absolute Gasteiger partial charge is 0.233 e. The van der Waals surface area contributed by atoms with Crippen LogP contribution < -0.4 is 10.6 Å². The third-order valence-corrected chi connectivity index (χ3v) is 6.23. The molecule has 0 radical (unpaired) electrons. The zero-order valence-electron chi connectivity index (χ0n) is 17.7. The summed E-state index contributed by atoms with van der Waals surface area (Å²) in [6.45, 7) is 0.238. The van der Waals surface area contributed by atoms with Crippen molar-refractivity contribution >= 4 is 29.2 Å². The Kier molecular flexibility index (Phi) is 5.30. The Labute approximate surface area is 190 Å². The fourth-order valence-electron chi connectivity index (χ4n) is 4.57. The number of nitrogens with zero attached hydrogens (tertiary/aromatic N) is 1. The van der Waals surface area contributed by atoms with E-state index in [-0.39, 0.29) is 42.8 Å². The molecule has 2 atom stereocenters. The van der Waals surface area contributed by atoms with Crippen molar-refractivity contribution in [3.05, 3.63) is 94.7 Å². The maximum atomic E-state index is 12.8. The van der Waals surface area contributed by atoms with Crippen molar-refractivity contribution in [1.29, 1.82) is 0 Å². The molecule has 2 aliphatic carbocycles. The molecule has 5 rings (SSSR count). The Morgan fingerprint density at radius 2 is 1.39 bits per heavy atom. The largest absolute Gasteiger partial charge is 0.351 e. The van der Waals surface area contributed by atoms with Gasteiger partial charge in [0.15, 0.2) is 11.6 Å². The van der Waals surface area contributed by atoms with E-state index in [9.17, 15) is 19.2 Å². The van der Waals surface area contributed by atoms with Gasteiger partial charge in [0.25, 0.3) is 0 Å². The highest BCUT2D eigenvalue weighted by molar-refractivity contribution is 6.09. The molecule has 2 aliphatic rings. The summed E-state index contributed by atoms with van der Waals surface area (Å²) < 4.78 is 0. The monoisotopic (exact) mass is 439 g/mol. The Bertz CT molecular complexity index is 1300. The summed E-state index contributed by atoms with van der Waals surface area (Å²) in [5.41, 5.74) is 3.45. The third kappa shape index (κ3) is 3.93. The number of fused-ring (bicyclic) bond motifs is 2. The Morgan fingerprint density at radius 3 is 2.03 bits per heavy atom. The molecule has 0 aliphatic heterocycles. The van der Waals surface area contributed by atoms with Crippen LogP contribution in [0, 0.1) is 0 Å². The molecule has 2 aromatic carbocycles. The molecule has 2 unspecified atom stereocenters. The average Bonchev–Trinajstić information content (AvgIpc) is 3.35. The van der Waals surface area contributed by atoms with E-state index in [0.717, 1.165) is 16.7 Å². The minimum Gasteiger partial charge on any atom is -0.351 e. The molecular formula is C26H21N3O4. The lowest BCUT2D eigenvalue weighted by atomic mass is 10.0. The average molecular weight is 439 g/mol. The molecule has 164 valence electrons. The normalized spacial score (nSPS) is 18.5. The lowest BCUT2D eigenvalue weighted by molar-refractivity contribution is -0.122. The lowest BCUT2D eigenvalue weighted by Crippen LogP contribution is -2.28. The Balaban J connectivity index is 1.23. The van der Waals surface area contributed by atoms with Crippen LogP contribution >= 0.6 is 0 Å². The topological polar surface area (TPSA) is 105 Å². The number of ketones is 2. The summed E-state index contributed by atoms with van der Waals surface area (Å²) in [6, 6.07) is 17.8. The van der Waals surface area contributed by atoms with E-state index in [0.29, 0.717) is 16.9 Å².